The third-order valence-electron chi connectivity index (χ3n) is 3.07. The first-order valence-electron chi connectivity index (χ1n) is 4.98. The van der Waals surface area contributed by atoms with Crippen LogP contribution in [0.1, 0.15) is 32.6 Å². The Kier molecular flexibility index (Phi) is 4.04. The predicted molar refractivity (Wildman–Crippen MR) is 54.9 cm³/mol. The van der Waals surface area contributed by atoms with Crippen molar-refractivity contribution in [2.75, 3.05) is 12.9 Å². The highest BCUT2D eigenvalue weighted by atomic mass is 35.5. The van der Waals surface area contributed by atoms with Gasteiger partial charge in [-0.25, -0.2) is 0 Å². The Morgan fingerprint density at radius 3 is 2.62 bits per heavy atom. The summed E-state index contributed by atoms with van der Waals surface area (Å²) in [5, 5.41) is 0. The van der Waals surface area contributed by atoms with Crippen LogP contribution in [0, 0.1) is 5.92 Å². The Labute approximate surface area is 85.2 Å². The smallest absolute Gasteiger partial charge is 0.237 e. The lowest BCUT2D eigenvalue weighted by Gasteiger charge is -2.36. The number of alkyl halides is 1. The monoisotopic (exact) mass is 203 g/mol. The molecule has 0 aliphatic heterocycles. The summed E-state index contributed by atoms with van der Waals surface area (Å²) < 4.78 is 0. The quantitative estimate of drug-likeness (QED) is 0.631. The van der Waals surface area contributed by atoms with Gasteiger partial charge in [0.1, 0.15) is 5.88 Å². The van der Waals surface area contributed by atoms with Crippen molar-refractivity contribution in [3.8, 4) is 0 Å². The van der Waals surface area contributed by atoms with E-state index in [2.05, 4.69) is 6.92 Å². The van der Waals surface area contributed by atoms with Crippen LogP contribution in [0.3, 0.4) is 0 Å². The number of amides is 1. The number of hydrogen-bond donors (Lipinski definition) is 0. The van der Waals surface area contributed by atoms with E-state index in [1.165, 1.54) is 19.3 Å². The van der Waals surface area contributed by atoms with E-state index >= 15 is 0 Å². The van der Waals surface area contributed by atoms with Crippen molar-refractivity contribution in [2.24, 2.45) is 5.92 Å². The van der Waals surface area contributed by atoms with Crippen molar-refractivity contribution in [2.45, 2.75) is 38.6 Å². The molecular formula is C10H18ClNO. The first-order chi connectivity index (χ1) is 6.16. The van der Waals surface area contributed by atoms with Crippen LogP contribution in [0.5, 0.6) is 0 Å². The number of nitrogens with zero attached hydrogens (tertiary/aromatic N) is 1. The van der Waals surface area contributed by atoms with Crippen LogP contribution in [-0.2, 0) is 4.79 Å². The summed E-state index contributed by atoms with van der Waals surface area (Å²) >= 11 is 5.52. The second-order valence-electron chi connectivity index (χ2n) is 3.97. The Balaban J connectivity index is 2.53. The van der Waals surface area contributed by atoms with Gasteiger partial charge in [-0.3, -0.25) is 4.79 Å². The zero-order valence-electron chi connectivity index (χ0n) is 8.42. The number of carbonyl (C=O) groups is 1. The lowest BCUT2D eigenvalue weighted by molar-refractivity contribution is -0.130. The molecule has 0 bridgehead atoms. The fourth-order valence-electron chi connectivity index (χ4n) is 2.15. The number of hydrogen-bond acceptors (Lipinski definition) is 1. The molecule has 2 nitrogen and oxygen atoms in total. The van der Waals surface area contributed by atoms with Crippen LogP contribution in [0.2, 0.25) is 0 Å². The van der Waals surface area contributed by atoms with Crippen molar-refractivity contribution in [3.05, 3.63) is 0 Å². The van der Waals surface area contributed by atoms with Gasteiger partial charge >= 0.3 is 0 Å². The molecule has 0 spiro atoms. The molecule has 3 heteroatoms. The highest BCUT2D eigenvalue weighted by Gasteiger charge is 2.27. The van der Waals surface area contributed by atoms with Gasteiger partial charge in [0.15, 0.2) is 0 Å². The molecule has 2 atom stereocenters. The molecule has 1 saturated carbocycles. The summed E-state index contributed by atoms with van der Waals surface area (Å²) in [5.74, 6) is 0.797. The van der Waals surface area contributed by atoms with Crippen molar-refractivity contribution in [3.63, 3.8) is 0 Å². The zero-order chi connectivity index (χ0) is 9.84. The fraction of sp³-hybridized carbons (Fsp3) is 0.900. The lowest BCUT2D eigenvalue weighted by Crippen LogP contribution is -2.43. The summed E-state index contributed by atoms with van der Waals surface area (Å²) in [5.41, 5.74) is 0. The average molecular weight is 204 g/mol. The van der Waals surface area contributed by atoms with Crippen LogP contribution in [0.4, 0.5) is 0 Å². The molecule has 76 valence electrons. The Morgan fingerprint density at radius 1 is 1.46 bits per heavy atom. The van der Waals surface area contributed by atoms with Gasteiger partial charge in [-0.1, -0.05) is 19.8 Å². The van der Waals surface area contributed by atoms with E-state index in [4.69, 9.17) is 11.6 Å². The van der Waals surface area contributed by atoms with E-state index in [-0.39, 0.29) is 11.8 Å². The molecule has 1 aliphatic carbocycles. The molecule has 0 aromatic heterocycles. The third-order valence-corrected chi connectivity index (χ3v) is 3.30. The van der Waals surface area contributed by atoms with Crippen LogP contribution in [0.15, 0.2) is 0 Å². The number of rotatable bonds is 2. The third kappa shape index (κ3) is 2.60. The summed E-state index contributed by atoms with van der Waals surface area (Å²) in [7, 11) is 1.87. The molecule has 1 amide bonds. The maximum absolute atomic E-state index is 11.4. The van der Waals surface area contributed by atoms with Gasteiger partial charge in [-0.05, 0) is 18.8 Å². The standard InChI is InChI=1S/C10H18ClNO/c1-8-5-3-4-6-9(8)12(2)10(13)7-11/h8-9H,3-7H2,1-2H3. The molecular weight excluding hydrogens is 186 g/mol. The van der Waals surface area contributed by atoms with Crippen molar-refractivity contribution >= 4 is 17.5 Å². The molecule has 0 saturated heterocycles. The first kappa shape index (κ1) is 10.8. The highest BCUT2D eigenvalue weighted by Crippen LogP contribution is 2.27. The lowest BCUT2D eigenvalue weighted by atomic mass is 9.85. The molecule has 2 unspecified atom stereocenters. The van der Waals surface area contributed by atoms with Crippen molar-refractivity contribution < 1.29 is 4.79 Å². The van der Waals surface area contributed by atoms with E-state index < -0.39 is 0 Å². The van der Waals surface area contributed by atoms with Crippen molar-refractivity contribution in [1.82, 2.24) is 4.90 Å². The van der Waals surface area contributed by atoms with E-state index in [0.717, 1.165) is 6.42 Å². The molecule has 0 N–H and O–H groups in total. The molecule has 0 heterocycles. The molecule has 1 aliphatic rings. The molecule has 1 fully saturated rings. The topological polar surface area (TPSA) is 20.3 Å². The van der Waals surface area contributed by atoms with Gasteiger partial charge in [0, 0.05) is 13.1 Å². The average Bonchev–Trinajstić information content (AvgIpc) is 2.16. The molecule has 0 radical (unpaired) electrons. The largest absolute Gasteiger partial charge is 0.341 e. The van der Waals surface area contributed by atoms with Crippen LogP contribution >= 0.6 is 11.6 Å². The van der Waals surface area contributed by atoms with Gasteiger partial charge in [-0.15, -0.1) is 11.6 Å². The normalized spacial score (nSPS) is 28.5. The summed E-state index contributed by atoms with van der Waals surface area (Å²) in [6.07, 6.45) is 4.93. The molecule has 1 rings (SSSR count). The SMILES string of the molecule is CC1CCCCC1N(C)C(=O)CCl. The van der Waals surface area contributed by atoms with Crippen LogP contribution in [0.25, 0.3) is 0 Å². The zero-order valence-corrected chi connectivity index (χ0v) is 9.18. The minimum atomic E-state index is 0.0559. The molecule has 0 aromatic rings. The van der Waals surface area contributed by atoms with Gasteiger partial charge < -0.3 is 4.90 Å². The van der Waals surface area contributed by atoms with E-state index in [0.29, 0.717) is 12.0 Å². The van der Waals surface area contributed by atoms with Crippen LogP contribution < -0.4 is 0 Å². The minimum absolute atomic E-state index is 0.0559. The van der Waals surface area contributed by atoms with Gasteiger partial charge in [-0.2, -0.15) is 0 Å². The van der Waals surface area contributed by atoms with Gasteiger partial charge in [0.05, 0.1) is 0 Å². The Bertz CT molecular complexity index is 184. The summed E-state index contributed by atoms with van der Waals surface area (Å²) in [6, 6.07) is 0.417. The summed E-state index contributed by atoms with van der Waals surface area (Å²) in [6.45, 7) is 2.22. The second kappa shape index (κ2) is 4.85. The van der Waals surface area contributed by atoms with E-state index in [1.807, 2.05) is 11.9 Å². The van der Waals surface area contributed by atoms with Crippen molar-refractivity contribution in [1.29, 1.82) is 0 Å². The van der Waals surface area contributed by atoms with Gasteiger partial charge in [0.25, 0.3) is 0 Å². The second-order valence-corrected chi connectivity index (χ2v) is 4.23. The maximum Gasteiger partial charge on any atom is 0.237 e. The van der Waals surface area contributed by atoms with Gasteiger partial charge in [0.2, 0.25) is 5.91 Å². The van der Waals surface area contributed by atoms with Crippen LogP contribution in [-0.4, -0.2) is 29.8 Å². The molecule has 13 heavy (non-hydrogen) atoms. The number of halogens is 1. The number of carbonyl (C=O) groups excluding carboxylic acids is 1. The van der Waals surface area contributed by atoms with E-state index in [9.17, 15) is 4.79 Å². The van der Waals surface area contributed by atoms with E-state index in [1.54, 1.807) is 0 Å². The Morgan fingerprint density at radius 2 is 2.08 bits per heavy atom. The fourth-order valence-corrected chi connectivity index (χ4v) is 2.34. The molecule has 0 aromatic carbocycles. The summed E-state index contributed by atoms with van der Waals surface area (Å²) in [4.78, 5) is 13.2. The first-order valence-corrected chi connectivity index (χ1v) is 5.52. The Hall–Kier alpha value is -0.240. The predicted octanol–water partition coefficient (Wildman–Crippen LogP) is 2.26. The minimum Gasteiger partial charge on any atom is -0.341 e. The maximum atomic E-state index is 11.4. The highest BCUT2D eigenvalue weighted by molar-refractivity contribution is 6.27.